The summed E-state index contributed by atoms with van der Waals surface area (Å²) in [6.07, 6.45) is 4.83. The molecule has 2 aliphatic heterocycles. The fourth-order valence-corrected chi connectivity index (χ4v) is 3.28. The summed E-state index contributed by atoms with van der Waals surface area (Å²) < 4.78 is 0. The lowest BCUT2D eigenvalue weighted by atomic mass is 10.2. The van der Waals surface area contributed by atoms with Crippen molar-refractivity contribution in [2.45, 2.75) is 45.2 Å². The monoisotopic (exact) mass is 322 g/mol. The first-order valence-corrected chi connectivity index (χ1v) is 8.72. The summed E-state index contributed by atoms with van der Waals surface area (Å²) in [6.45, 7) is 12.3. The van der Waals surface area contributed by atoms with Crippen molar-refractivity contribution in [3.8, 4) is 0 Å². The Hall–Kier alpha value is -1.56. The van der Waals surface area contributed by atoms with Gasteiger partial charge in [-0.3, -0.25) is 9.69 Å². The smallest absolute Gasteiger partial charge is 0.317 e. The lowest BCUT2D eigenvalue weighted by Crippen LogP contribution is -2.57. The van der Waals surface area contributed by atoms with Crippen LogP contribution >= 0.6 is 0 Å². The van der Waals surface area contributed by atoms with Crippen molar-refractivity contribution in [3.63, 3.8) is 0 Å². The van der Waals surface area contributed by atoms with Crippen LogP contribution in [0.3, 0.4) is 0 Å². The van der Waals surface area contributed by atoms with Crippen LogP contribution in [0.5, 0.6) is 0 Å². The van der Waals surface area contributed by atoms with Crippen molar-refractivity contribution in [2.75, 3.05) is 39.3 Å². The predicted molar refractivity (Wildman–Crippen MR) is 91.2 cm³/mol. The fourth-order valence-electron chi connectivity index (χ4n) is 3.28. The van der Waals surface area contributed by atoms with Crippen molar-refractivity contribution in [1.29, 1.82) is 0 Å². The van der Waals surface area contributed by atoms with E-state index in [0.29, 0.717) is 13.1 Å². The highest BCUT2D eigenvalue weighted by Gasteiger charge is 2.31. The first kappa shape index (κ1) is 17.8. The zero-order chi connectivity index (χ0) is 16.8. The second-order valence-electron chi connectivity index (χ2n) is 6.61. The SMILES string of the molecule is C=CC[C@H](C)NC(=O)N1CCN([C@@H](C)C(=O)N2CCCC2)CC1. The van der Waals surface area contributed by atoms with E-state index in [1.165, 1.54) is 0 Å². The Morgan fingerprint density at radius 3 is 2.22 bits per heavy atom. The molecular formula is C17H30N4O2. The molecule has 3 amide bonds. The van der Waals surface area contributed by atoms with E-state index in [0.717, 1.165) is 45.4 Å². The van der Waals surface area contributed by atoms with E-state index in [2.05, 4.69) is 16.8 Å². The van der Waals surface area contributed by atoms with Crippen molar-refractivity contribution in [3.05, 3.63) is 12.7 Å². The number of amides is 3. The maximum absolute atomic E-state index is 12.5. The van der Waals surface area contributed by atoms with E-state index in [1.54, 1.807) is 0 Å². The Kier molecular flexibility index (Phi) is 6.45. The Labute approximate surface area is 139 Å². The van der Waals surface area contributed by atoms with Gasteiger partial charge in [0.2, 0.25) is 5.91 Å². The summed E-state index contributed by atoms with van der Waals surface area (Å²) in [5, 5.41) is 2.98. The molecular weight excluding hydrogens is 292 g/mol. The highest BCUT2D eigenvalue weighted by atomic mass is 16.2. The quantitative estimate of drug-likeness (QED) is 0.776. The highest BCUT2D eigenvalue weighted by molar-refractivity contribution is 5.81. The standard InChI is InChI=1S/C17H30N4O2/c1-4-7-14(2)18-17(23)21-12-10-19(11-13-21)15(3)16(22)20-8-5-6-9-20/h4,14-15H,1,5-13H2,2-3H3,(H,18,23)/t14-,15-/m0/s1. The van der Waals surface area contributed by atoms with Gasteiger partial charge in [0.1, 0.15) is 0 Å². The number of carbonyl (C=O) groups is 2. The minimum Gasteiger partial charge on any atom is -0.341 e. The molecule has 2 heterocycles. The zero-order valence-electron chi connectivity index (χ0n) is 14.5. The number of likely N-dealkylation sites (tertiary alicyclic amines) is 1. The van der Waals surface area contributed by atoms with Crippen LogP contribution in [0.2, 0.25) is 0 Å². The van der Waals surface area contributed by atoms with Crippen LogP contribution < -0.4 is 5.32 Å². The number of rotatable bonds is 5. The number of hydrogen-bond donors (Lipinski definition) is 1. The van der Waals surface area contributed by atoms with Crippen LogP contribution in [-0.4, -0.2) is 78.0 Å². The van der Waals surface area contributed by atoms with E-state index in [4.69, 9.17) is 0 Å². The van der Waals surface area contributed by atoms with E-state index < -0.39 is 0 Å². The number of hydrogen-bond acceptors (Lipinski definition) is 3. The molecule has 2 atom stereocenters. The molecule has 0 spiro atoms. The second-order valence-corrected chi connectivity index (χ2v) is 6.61. The molecule has 23 heavy (non-hydrogen) atoms. The Morgan fingerprint density at radius 2 is 1.65 bits per heavy atom. The van der Waals surface area contributed by atoms with Crippen LogP contribution in [0.1, 0.15) is 33.1 Å². The van der Waals surface area contributed by atoms with Gasteiger partial charge in [-0.05, 0) is 33.1 Å². The summed E-state index contributed by atoms with van der Waals surface area (Å²) in [7, 11) is 0. The Bertz CT molecular complexity index is 426. The average Bonchev–Trinajstić information content (AvgIpc) is 3.08. The molecule has 0 aromatic heterocycles. The van der Waals surface area contributed by atoms with E-state index in [9.17, 15) is 9.59 Å². The third-order valence-electron chi connectivity index (χ3n) is 4.81. The largest absolute Gasteiger partial charge is 0.341 e. The van der Waals surface area contributed by atoms with Gasteiger partial charge in [-0.25, -0.2) is 4.79 Å². The molecule has 0 radical (unpaired) electrons. The summed E-state index contributed by atoms with van der Waals surface area (Å²) >= 11 is 0. The van der Waals surface area contributed by atoms with Gasteiger partial charge in [-0.15, -0.1) is 6.58 Å². The normalized spacial score (nSPS) is 21.8. The van der Waals surface area contributed by atoms with Gasteiger partial charge >= 0.3 is 6.03 Å². The maximum atomic E-state index is 12.5. The molecule has 0 unspecified atom stereocenters. The molecule has 2 aliphatic rings. The highest BCUT2D eigenvalue weighted by Crippen LogP contribution is 2.14. The summed E-state index contributed by atoms with van der Waals surface area (Å²) in [5.41, 5.74) is 0. The van der Waals surface area contributed by atoms with E-state index >= 15 is 0 Å². The van der Waals surface area contributed by atoms with Gasteiger partial charge in [0.05, 0.1) is 6.04 Å². The second kappa shape index (κ2) is 8.34. The lowest BCUT2D eigenvalue weighted by Gasteiger charge is -2.38. The lowest BCUT2D eigenvalue weighted by molar-refractivity contribution is -0.135. The number of nitrogens with one attached hydrogen (secondary N) is 1. The van der Waals surface area contributed by atoms with Gasteiger partial charge in [0.15, 0.2) is 0 Å². The number of nitrogens with zero attached hydrogens (tertiary/aromatic N) is 3. The minimum absolute atomic E-state index is 0.0162. The van der Waals surface area contributed by atoms with Crippen LogP contribution in [0.15, 0.2) is 12.7 Å². The molecule has 2 fully saturated rings. The zero-order valence-corrected chi connectivity index (χ0v) is 14.5. The average molecular weight is 322 g/mol. The summed E-state index contributed by atoms with van der Waals surface area (Å²) in [4.78, 5) is 30.7. The van der Waals surface area contributed by atoms with Crippen molar-refractivity contribution >= 4 is 11.9 Å². The summed E-state index contributed by atoms with van der Waals surface area (Å²) in [6, 6.07) is 0.00391. The summed E-state index contributed by atoms with van der Waals surface area (Å²) in [5.74, 6) is 0.236. The third kappa shape index (κ3) is 4.70. The van der Waals surface area contributed by atoms with Gasteiger partial charge in [-0.1, -0.05) is 6.08 Å². The number of piperazine rings is 1. The maximum Gasteiger partial charge on any atom is 0.317 e. The molecule has 6 nitrogen and oxygen atoms in total. The Morgan fingerprint density at radius 1 is 1.04 bits per heavy atom. The minimum atomic E-state index is -0.0852. The van der Waals surface area contributed by atoms with Crippen LogP contribution in [-0.2, 0) is 4.79 Å². The van der Waals surface area contributed by atoms with E-state index in [1.807, 2.05) is 29.7 Å². The van der Waals surface area contributed by atoms with Gasteiger partial charge in [0, 0.05) is 45.3 Å². The van der Waals surface area contributed by atoms with Crippen LogP contribution in [0.4, 0.5) is 4.79 Å². The molecule has 0 aliphatic carbocycles. The van der Waals surface area contributed by atoms with E-state index in [-0.39, 0.29) is 24.0 Å². The molecule has 0 aromatic rings. The first-order valence-electron chi connectivity index (χ1n) is 8.72. The number of carbonyl (C=O) groups excluding carboxylic acids is 2. The fraction of sp³-hybridized carbons (Fsp3) is 0.765. The molecule has 0 saturated carbocycles. The third-order valence-corrected chi connectivity index (χ3v) is 4.81. The molecule has 1 N–H and O–H groups in total. The van der Waals surface area contributed by atoms with Crippen LogP contribution in [0, 0.1) is 0 Å². The van der Waals surface area contributed by atoms with Crippen molar-refractivity contribution in [2.24, 2.45) is 0 Å². The molecule has 0 aromatic carbocycles. The topological polar surface area (TPSA) is 55.9 Å². The van der Waals surface area contributed by atoms with Gasteiger partial charge in [-0.2, -0.15) is 0 Å². The molecule has 0 bridgehead atoms. The predicted octanol–water partition coefficient (Wildman–Crippen LogP) is 1.29. The molecule has 130 valence electrons. The van der Waals surface area contributed by atoms with Gasteiger partial charge in [0.25, 0.3) is 0 Å². The molecule has 6 heteroatoms. The van der Waals surface area contributed by atoms with Gasteiger partial charge < -0.3 is 15.1 Å². The van der Waals surface area contributed by atoms with Crippen molar-refractivity contribution in [1.82, 2.24) is 20.0 Å². The number of urea groups is 1. The van der Waals surface area contributed by atoms with Crippen LogP contribution in [0.25, 0.3) is 0 Å². The first-order chi connectivity index (χ1) is 11.0. The van der Waals surface area contributed by atoms with Crippen molar-refractivity contribution < 1.29 is 9.59 Å². The Balaban J connectivity index is 1.77. The molecule has 2 rings (SSSR count). The molecule has 2 saturated heterocycles.